The van der Waals surface area contributed by atoms with Gasteiger partial charge in [-0.2, -0.15) is 13.2 Å². The number of anilines is 1. The fraction of sp³-hybridized carbons (Fsp3) is 0.412. The first kappa shape index (κ1) is 18.6. The van der Waals surface area contributed by atoms with Crippen LogP contribution in [0.1, 0.15) is 12.5 Å². The lowest BCUT2D eigenvalue weighted by Crippen LogP contribution is -2.43. The SMILES string of the molecule is CC(O)(c1ccc(N2CCN(Sc3cccs3)CC2)cc1)C(F)(F)F. The zero-order chi connectivity index (χ0) is 18.1. The number of thiophene rings is 1. The van der Waals surface area contributed by atoms with Gasteiger partial charge in [0.1, 0.15) is 0 Å². The topological polar surface area (TPSA) is 26.7 Å². The number of aliphatic hydroxyl groups is 1. The average Bonchev–Trinajstić information content (AvgIpc) is 3.08. The van der Waals surface area contributed by atoms with Crippen LogP contribution in [0.2, 0.25) is 0 Å². The molecule has 1 fully saturated rings. The van der Waals surface area contributed by atoms with Crippen LogP contribution in [0.3, 0.4) is 0 Å². The van der Waals surface area contributed by atoms with Crippen molar-refractivity contribution in [2.75, 3.05) is 31.1 Å². The largest absolute Gasteiger partial charge is 0.421 e. The van der Waals surface area contributed by atoms with Gasteiger partial charge in [0.25, 0.3) is 0 Å². The second-order valence-corrected chi connectivity index (χ2v) is 8.40. The van der Waals surface area contributed by atoms with Crippen molar-refractivity contribution in [3.8, 4) is 0 Å². The van der Waals surface area contributed by atoms with Crippen LogP contribution >= 0.6 is 23.3 Å². The Morgan fingerprint density at radius 3 is 2.20 bits per heavy atom. The molecule has 0 spiro atoms. The van der Waals surface area contributed by atoms with Gasteiger partial charge in [0.05, 0.1) is 4.21 Å². The summed E-state index contributed by atoms with van der Waals surface area (Å²) < 4.78 is 42.3. The number of halogens is 3. The van der Waals surface area contributed by atoms with E-state index in [4.69, 9.17) is 0 Å². The Labute approximate surface area is 153 Å². The van der Waals surface area contributed by atoms with E-state index in [1.165, 1.54) is 16.3 Å². The molecule has 3 nitrogen and oxygen atoms in total. The predicted octanol–water partition coefficient (Wildman–Crippen LogP) is 4.35. The van der Waals surface area contributed by atoms with E-state index in [9.17, 15) is 18.3 Å². The molecule has 0 bridgehead atoms. The van der Waals surface area contributed by atoms with Crippen molar-refractivity contribution in [3.63, 3.8) is 0 Å². The molecule has 0 radical (unpaired) electrons. The van der Waals surface area contributed by atoms with Gasteiger partial charge in [0.2, 0.25) is 0 Å². The van der Waals surface area contributed by atoms with Gasteiger partial charge in [-0.3, -0.25) is 0 Å². The summed E-state index contributed by atoms with van der Waals surface area (Å²) in [4.78, 5) is 2.15. The van der Waals surface area contributed by atoms with E-state index in [0.717, 1.165) is 38.8 Å². The van der Waals surface area contributed by atoms with E-state index in [-0.39, 0.29) is 5.56 Å². The second-order valence-electron chi connectivity index (χ2n) is 6.06. The fourth-order valence-corrected chi connectivity index (χ4v) is 4.48. The van der Waals surface area contributed by atoms with Crippen LogP contribution < -0.4 is 4.90 Å². The molecule has 2 aromatic rings. The highest BCUT2D eigenvalue weighted by atomic mass is 32.2. The molecule has 25 heavy (non-hydrogen) atoms. The molecule has 1 aromatic carbocycles. The summed E-state index contributed by atoms with van der Waals surface area (Å²) in [5.41, 5.74) is -2.10. The molecule has 1 saturated heterocycles. The van der Waals surface area contributed by atoms with Crippen LogP contribution in [0.25, 0.3) is 0 Å². The third kappa shape index (κ3) is 4.13. The van der Waals surface area contributed by atoms with Gasteiger partial charge in [-0.25, -0.2) is 4.31 Å². The average molecular weight is 388 g/mol. The fourth-order valence-electron chi connectivity index (χ4n) is 2.64. The van der Waals surface area contributed by atoms with Crippen LogP contribution in [0.5, 0.6) is 0 Å². The summed E-state index contributed by atoms with van der Waals surface area (Å²) >= 11 is 3.46. The van der Waals surface area contributed by atoms with Crippen LogP contribution in [-0.2, 0) is 5.60 Å². The number of rotatable bonds is 4. The molecule has 136 valence electrons. The molecular weight excluding hydrogens is 369 g/mol. The normalized spacial score (nSPS) is 19.0. The third-order valence-electron chi connectivity index (χ3n) is 4.30. The standard InChI is InChI=1S/C17H19F3N2OS2/c1-16(23,17(18,19)20)13-4-6-14(7-5-13)21-8-10-22(11-9-21)25-15-3-2-12-24-15/h2-7,12,23H,8-11H2,1H3. The van der Waals surface area contributed by atoms with Crippen LogP contribution in [0.15, 0.2) is 46.0 Å². The number of hydrogen-bond acceptors (Lipinski definition) is 5. The lowest BCUT2D eigenvalue weighted by atomic mass is 9.95. The number of alkyl halides is 3. The predicted molar refractivity (Wildman–Crippen MR) is 96.0 cm³/mol. The first-order valence-corrected chi connectivity index (χ1v) is 9.54. The molecule has 0 amide bonds. The molecule has 2 heterocycles. The molecule has 3 rings (SSSR count). The molecule has 0 saturated carbocycles. The zero-order valence-electron chi connectivity index (χ0n) is 13.7. The summed E-state index contributed by atoms with van der Waals surface area (Å²) in [6.45, 7) is 4.17. The highest BCUT2D eigenvalue weighted by molar-refractivity contribution is 7.98. The maximum atomic E-state index is 12.9. The van der Waals surface area contributed by atoms with E-state index in [1.807, 2.05) is 6.07 Å². The highest BCUT2D eigenvalue weighted by Gasteiger charge is 2.51. The van der Waals surface area contributed by atoms with Gasteiger partial charge in [-0.15, -0.1) is 11.3 Å². The lowest BCUT2D eigenvalue weighted by molar-refractivity contribution is -0.258. The van der Waals surface area contributed by atoms with Crippen molar-refractivity contribution in [1.82, 2.24) is 4.31 Å². The molecule has 1 aromatic heterocycles. The summed E-state index contributed by atoms with van der Waals surface area (Å²) in [5.74, 6) is 0. The Morgan fingerprint density at radius 1 is 1.04 bits per heavy atom. The number of benzene rings is 1. The quantitative estimate of drug-likeness (QED) is 0.788. The number of piperazine rings is 1. The maximum Gasteiger partial charge on any atom is 0.421 e. The minimum Gasteiger partial charge on any atom is -0.376 e. The Hall–Kier alpha value is -1.22. The van der Waals surface area contributed by atoms with E-state index < -0.39 is 11.8 Å². The summed E-state index contributed by atoms with van der Waals surface area (Å²) in [6.07, 6.45) is -4.70. The van der Waals surface area contributed by atoms with E-state index in [1.54, 1.807) is 35.4 Å². The molecular formula is C17H19F3N2OS2. The third-order valence-corrected chi connectivity index (χ3v) is 6.41. The van der Waals surface area contributed by atoms with Crippen molar-refractivity contribution < 1.29 is 18.3 Å². The second kappa shape index (κ2) is 7.19. The monoisotopic (exact) mass is 388 g/mol. The lowest BCUT2D eigenvalue weighted by Gasteiger charge is -2.35. The summed E-state index contributed by atoms with van der Waals surface area (Å²) in [7, 11) is 0. The Morgan fingerprint density at radius 2 is 1.68 bits per heavy atom. The first-order valence-electron chi connectivity index (χ1n) is 7.88. The van der Waals surface area contributed by atoms with Gasteiger partial charge < -0.3 is 10.0 Å². The zero-order valence-corrected chi connectivity index (χ0v) is 15.3. The maximum absolute atomic E-state index is 12.9. The van der Waals surface area contributed by atoms with Crippen molar-refractivity contribution in [1.29, 1.82) is 0 Å². The minimum atomic E-state index is -4.70. The van der Waals surface area contributed by atoms with Crippen LogP contribution in [0, 0.1) is 0 Å². The smallest absolute Gasteiger partial charge is 0.376 e. The van der Waals surface area contributed by atoms with Crippen LogP contribution in [-0.4, -0.2) is 41.8 Å². The molecule has 1 aliphatic heterocycles. The van der Waals surface area contributed by atoms with Gasteiger partial charge in [-0.1, -0.05) is 18.2 Å². The molecule has 1 unspecified atom stereocenters. The summed E-state index contributed by atoms with van der Waals surface area (Å²) in [6, 6.07) is 10.1. The van der Waals surface area contributed by atoms with Gasteiger partial charge in [-0.05, 0) is 48.0 Å². The molecule has 1 aliphatic rings. The van der Waals surface area contributed by atoms with Gasteiger partial charge in [0, 0.05) is 31.9 Å². The van der Waals surface area contributed by atoms with E-state index in [2.05, 4.69) is 20.7 Å². The minimum absolute atomic E-state index is 0.143. The molecule has 8 heteroatoms. The molecule has 1 atom stereocenters. The van der Waals surface area contributed by atoms with Crippen molar-refractivity contribution in [3.05, 3.63) is 47.3 Å². The number of nitrogens with zero attached hydrogens (tertiary/aromatic N) is 2. The first-order chi connectivity index (χ1) is 11.8. The van der Waals surface area contributed by atoms with Gasteiger partial charge >= 0.3 is 6.18 Å². The van der Waals surface area contributed by atoms with Crippen molar-refractivity contribution in [2.45, 2.75) is 22.9 Å². The molecule has 0 aliphatic carbocycles. The van der Waals surface area contributed by atoms with E-state index in [0.29, 0.717) is 0 Å². The Balaban J connectivity index is 1.60. The molecule has 1 N–H and O–H groups in total. The van der Waals surface area contributed by atoms with E-state index >= 15 is 0 Å². The number of hydrogen-bond donors (Lipinski definition) is 1. The summed E-state index contributed by atoms with van der Waals surface area (Å²) in [5, 5.41) is 11.8. The van der Waals surface area contributed by atoms with Crippen molar-refractivity contribution in [2.24, 2.45) is 0 Å². The Kier molecular flexibility index (Phi) is 5.34. The van der Waals surface area contributed by atoms with Crippen LogP contribution in [0.4, 0.5) is 18.9 Å². The highest BCUT2D eigenvalue weighted by Crippen LogP contribution is 2.39. The van der Waals surface area contributed by atoms with Gasteiger partial charge in [0.15, 0.2) is 5.60 Å². The Bertz CT molecular complexity index is 679. The van der Waals surface area contributed by atoms with Crippen molar-refractivity contribution >= 4 is 29.0 Å².